The lowest BCUT2D eigenvalue weighted by Gasteiger charge is -2.29. The third-order valence-electron chi connectivity index (χ3n) is 9.68. The molecule has 258 valence electrons. The van der Waals surface area contributed by atoms with Crippen molar-refractivity contribution < 1.29 is 11.0 Å². The number of allylic oxidation sites excluding steroid dienone is 1. The van der Waals surface area contributed by atoms with Crippen molar-refractivity contribution >= 4 is 40.2 Å². The Morgan fingerprint density at radius 2 is 0.833 bits per heavy atom. The fourth-order valence-electron chi connectivity index (χ4n) is 7.08. The van der Waals surface area contributed by atoms with Crippen LogP contribution in [0.2, 0.25) is 0 Å². The molecule has 8 aromatic carbocycles. The lowest BCUT2D eigenvalue weighted by atomic mass is 9.88. The van der Waals surface area contributed by atoms with Crippen LogP contribution in [0.5, 0.6) is 0 Å². The van der Waals surface area contributed by atoms with Crippen LogP contribution in [0.3, 0.4) is 0 Å². The number of fused-ring (bicyclic) bond motifs is 1. The molecule has 1 aliphatic rings. The van der Waals surface area contributed by atoms with E-state index in [0.717, 1.165) is 35.2 Å². The third-order valence-corrected chi connectivity index (χ3v) is 9.68. The van der Waals surface area contributed by atoms with E-state index in [1.165, 1.54) is 5.56 Å². The van der Waals surface area contributed by atoms with Crippen LogP contribution in [0.15, 0.2) is 212 Å². The Labute approximate surface area is 329 Å². The lowest BCUT2D eigenvalue weighted by Crippen LogP contribution is -2.11. The molecule has 2 heteroatoms. The third kappa shape index (κ3) is 6.62. The van der Waals surface area contributed by atoms with Gasteiger partial charge >= 0.3 is 0 Å². The molecule has 0 unspecified atom stereocenters. The zero-order valence-electron chi connectivity index (χ0n) is 37.5. The largest absolute Gasteiger partial charge is 0.311 e. The second-order valence-electron chi connectivity index (χ2n) is 13.0. The summed E-state index contributed by atoms with van der Waals surface area (Å²) in [4.78, 5) is 3.55. The summed E-state index contributed by atoms with van der Waals surface area (Å²) in [6, 6.07) is 47.1. The molecule has 1 aliphatic carbocycles. The Kier molecular flexibility index (Phi) is 6.98. The summed E-state index contributed by atoms with van der Waals surface area (Å²) in [6.45, 7) is 0. The van der Waals surface area contributed by atoms with Crippen molar-refractivity contribution in [1.29, 1.82) is 0 Å². The molecule has 0 heterocycles. The van der Waals surface area contributed by atoms with E-state index in [0.29, 0.717) is 28.2 Å². The molecule has 0 atom stereocenters. The zero-order valence-corrected chi connectivity index (χ0v) is 29.5. The van der Waals surface area contributed by atoms with Crippen LogP contribution in [-0.2, 0) is 6.42 Å². The maximum atomic E-state index is 9.50. The molecular weight excluding hydrogens is 653 g/mol. The van der Waals surface area contributed by atoms with Gasteiger partial charge in [-0.2, -0.15) is 0 Å². The van der Waals surface area contributed by atoms with Crippen LogP contribution >= 0.6 is 0 Å². The molecular formula is C52H40N2. The lowest BCUT2D eigenvalue weighted by molar-refractivity contribution is 0.988. The highest BCUT2D eigenvalue weighted by Crippen LogP contribution is 2.43. The molecule has 0 spiro atoms. The van der Waals surface area contributed by atoms with Crippen LogP contribution in [0.25, 0.3) is 39.5 Å². The van der Waals surface area contributed by atoms with Gasteiger partial charge in [-0.25, -0.2) is 0 Å². The zero-order chi connectivity index (χ0) is 43.1. The summed E-state index contributed by atoms with van der Waals surface area (Å²) < 4.78 is 74.4. The summed E-state index contributed by atoms with van der Waals surface area (Å²) in [5.41, 5.74) is 8.41. The number of anilines is 6. The average molecular weight is 701 g/mol. The topological polar surface area (TPSA) is 6.48 Å². The molecule has 0 N–H and O–H groups in total. The van der Waals surface area contributed by atoms with Crippen LogP contribution < -0.4 is 9.80 Å². The van der Waals surface area contributed by atoms with Crippen molar-refractivity contribution in [2.45, 2.75) is 12.8 Å². The Morgan fingerprint density at radius 3 is 1.39 bits per heavy atom. The van der Waals surface area contributed by atoms with Gasteiger partial charge in [0.25, 0.3) is 0 Å². The summed E-state index contributed by atoms with van der Waals surface area (Å²) in [5, 5.41) is 0. The number of benzene rings is 8. The van der Waals surface area contributed by atoms with Crippen molar-refractivity contribution in [3.8, 4) is 33.4 Å². The first-order valence-corrected chi connectivity index (χ1v) is 18.1. The molecule has 0 aromatic heterocycles. The van der Waals surface area contributed by atoms with Gasteiger partial charge in [0.2, 0.25) is 0 Å². The van der Waals surface area contributed by atoms with Crippen molar-refractivity contribution in [2.75, 3.05) is 9.80 Å². The molecule has 0 fully saturated rings. The quantitative estimate of drug-likeness (QED) is 0.148. The molecule has 0 saturated carbocycles. The van der Waals surface area contributed by atoms with Crippen LogP contribution in [0.4, 0.5) is 34.1 Å². The summed E-state index contributed by atoms with van der Waals surface area (Å²) in [6.07, 6.45) is 6.13. The van der Waals surface area contributed by atoms with Crippen LogP contribution in [0, 0.1) is 0 Å². The van der Waals surface area contributed by atoms with E-state index in [2.05, 4.69) is 24.3 Å². The SMILES string of the molecule is [2H]c1c([2H])c(N(c2ccccc2)c2ccccc2)c([2H])c([2H])c1-c1ccc(-c2c([2H])c([2H])c(N(c3ccccc3)c3ccccc3-c3cccc4c3CCC=C4)c([2H])c2[2H])cc1. The average Bonchev–Trinajstić information content (AvgIpc) is 3.32. The Balaban J connectivity index is 1.14. The normalized spacial score (nSPS) is 13.9. The minimum Gasteiger partial charge on any atom is -0.311 e. The second-order valence-corrected chi connectivity index (χ2v) is 13.0. The summed E-state index contributed by atoms with van der Waals surface area (Å²) in [5.74, 6) is 0. The van der Waals surface area contributed by atoms with Crippen molar-refractivity contribution in [2.24, 2.45) is 0 Å². The highest BCUT2D eigenvalue weighted by atomic mass is 15.1. The van der Waals surface area contributed by atoms with Gasteiger partial charge in [-0.3, -0.25) is 0 Å². The Bertz CT molecular complexity index is 2890. The van der Waals surface area contributed by atoms with E-state index in [1.54, 1.807) is 29.2 Å². The van der Waals surface area contributed by atoms with E-state index >= 15 is 0 Å². The molecule has 2 nitrogen and oxygen atoms in total. The summed E-state index contributed by atoms with van der Waals surface area (Å²) in [7, 11) is 0. The first kappa shape index (κ1) is 25.1. The number of para-hydroxylation sites is 4. The smallest absolute Gasteiger partial charge is 0.0645 e. The first-order chi connectivity index (χ1) is 30.2. The minimum absolute atomic E-state index is 0.108. The monoisotopic (exact) mass is 700 g/mol. The van der Waals surface area contributed by atoms with Crippen LogP contribution in [0.1, 0.15) is 28.5 Å². The predicted molar refractivity (Wildman–Crippen MR) is 229 cm³/mol. The van der Waals surface area contributed by atoms with Gasteiger partial charge in [0, 0.05) is 34.0 Å². The number of hydrogen-bond donors (Lipinski definition) is 0. The molecule has 0 radical (unpaired) electrons. The van der Waals surface area contributed by atoms with Crippen molar-refractivity contribution in [1.82, 2.24) is 0 Å². The van der Waals surface area contributed by atoms with E-state index in [9.17, 15) is 8.22 Å². The predicted octanol–water partition coefficient (Wildman–Crippen LogP) is 14.6. The van der Waals surface area contributed by atoms with Gasteiger partial charge in [-0.15, -0.1) is 0 Å². The molecule has 0 aliphatic heterocycles. The number of hydrogen-bond acceptors (Lipinski definition) is 2. The Hall–Kier alpha value is -6.90. The highest BCUT2D eigenvalue weighted by molar-refractivity contribution is 5.90. The van der Waals surface area contributed by atoms with Gasteiger partial charge in [0.1, 0.15) is 0 Å². The number of rotatable bonds is 9. The van der Waals surface area contributed by atoms with Crippen molar-refractivity contribution in [3.05, 3.63) is 223 Å². The van der Waals surface area contributed by atoms with Gasteiger partial charge in [-0.1, -0.05) is 152 Å². The van der Waals surface area contributed by atoms with E-state index < -0.39 is 0 Å². The molecule has 0 amide bonds. The molecule has 8 aromatic rings. The minimum atomic E-state index is -0.218. The van der Waals surface area contributed by atoms with E-state index in [-0.39, 0.29) is 70.8 Å². The fourth-order valence-corrected chi connectivity index (χ4v) is 7.08. The van der Waals surface area contributed by atoms with Gasteiger partial charge in [0.15, 0.2) is 0 Å². The Morgan fingerprint density at radius 1 is 0.370 bits per heavy atom. The molecule has 54 heavy (non-hydrogen) atoms. The van der Waals surface area contributed by atoms with E-state index in [4.69, 9.17) is 2.74 Å². The fraction of sp³-hybridized carbons (Fsp3) is 0.0385. The summed E-state index contributed by atoms with van der Waals surface area (Å²) >= 11 is 0. The van der Waals surface area contributed by atoms with E-state index in [1.807, 2.05) is 126 Å². The van der Waals surface area contributed by atoms with Crippen molar-refractivity contribution in [3.63, 3.8) is 0 Å². The van der Waals surface area contributed by atoms with Crippen LogP contribution in [-0.4, -0.2) is 0 Å². The standard InChI is InChI=1S/C52H40N2/c1-4-17-44(18-5-1)53(45-19-6-2-7-20-45)47-35-31-41(32-36-47)39-27-29-40(30-28-39)42-33-37-48(38-34-42)54(46-21-8-3-9-22-46)52-26-13-12-24-51(52)50-25-14-16-43-15-10-11-23-49(43)50/h1-10,12-22,24-38H,11,23H2/i31D,32D,33D,34D,35D,36D,37D,38D. The highest BCUT2D eigenvalue weighted by Gasteiger charge is 2.20. The molecule has 0 bridgehead atoms. The number of nitrogens with zero attached hydrogens (tertiary/aromatic N) is 2. The molecule has 9 rings (SSSR count). The maximum absolute atomic E-state index is 9.50. The second kappa shape index (κ2) is 15.0. The maximum Gasteiger partial charge on any atom is 0.0645 e. The van der Waals surface area contributed by atoms with Gasteiger partial charge in [-0.05, 0) is 118 Å². The molecule has 0 saturated heterocycles. The van der Waals surface area contributed by atoms with Gasteiger partial charge < -0.3 is 9.80 Å². The van der Waals surface area contributed by atoms with Gasteiger partial charge in [0.05, 0.1) is 16.7 Å². The first-order valence-electron chi connectivity index (χ1n) is 22.1.